The Kier molecular flexibility index (Phi) is 3.17. The molecule has 1 aromatic rings. The lowest BCUT2D eigenvalue weighted by molar-refractivity contribution is 0.404. The third-order valence-corrected chi connectivity index (χ3v) is 1.91. The van der Waals surface area contributed by atoms with Crippen molar-refractivity contribution in [1.29, 1.82) is 10.5 Å². The number of phenols is 2. The number of hydrogen-bond donors (Lipinski definition) is 2. The van der Waals surface area contributed by atoms with Gasteiger partial charge in [-0.1, -0.05) is 11.6 Å². The molecule has 1 aromatic carbocycles. The molecule has 0 atom stereocenters. The van der Waals surface area contributed by atoms with Gasteiger partial charge in [-0.3, -0.25) is 0 Å². The van der Waals surface area contributed by atoms with Gasteiger partial charge in [0.05, 0.1) is 5.02 Å². The summed E-state index contributed by atoms with van der Waals surface area (Å²) < 4.78 is 0. The largest absolute Gasteiger partial charge is 0.504 e. The maximum Gasteiger partial charge on any atom is 0.176 e. The molecule has 15 heavy (non-hydrogen) atoms. The Labute approximate surface area is 90.9 Å². The molecule has 0 radical (unpaired) electrons. The van der Waals surface area contributed by atoms with Crippen LogP contribution in [0.15, 0.2) is 17.7 Å². The van der Waals surface area contributed by atoms with Crippen LogP contribution in [0.5, 0.6) is 11.5 Å². The van der Waals surface area contributed by atoms with Gasteiger partial charge in [0.2, 0.25) is 0 Å². The zero-order valence-electron chi connectivity index (χ0n) is 7.40. The van der Waals surface area contributed by atoms with E-state index < -0.39 is 11.5 Å². The first-order chi connectivity index (χ1) is 7.08. The smallest absolute Gasteiger partial charge is 0.176 e. The van der Waals surface area contributed by atoms with E-state index in [4.69, 9.17) is 27.2 Å². The highest BCUT2D eigenvalue weighted by Gasteiger charge is 2.06. The minimum Gasteiger partial charge on any atom is -0.504 e. The van der Waals surface area contributed by atoms with E-state index in [0.29, 0.717) is 5.56 Å². The molecule has 4 nitrogen and oxygen atoms in total. The number of nitriles is 2. The SMILES string of the molecule is N#CC(C#N)=Cc1cc(O)c(O)c(Cl)c1. The van der Waals surface area contributed by atoms with Crippen molar-refractivity contribution in [1.82, 2.24) is 0 Å². The van der Waals surface area contributed by atoms with Crippen molar-refractivity contribution in [3.05, 3.63) is 28.3 Å². The summed E-state index contributed by atoms with van der Waals surface area (Å²) in [5.41, 5.74) is 0.254. The number of phenolic OH excluding ortho intramolecular Hbond substituents is 2. The van der Waals surface area contributed by atoms with Crippen LogP contribution in [0, 0.1) is 22.7 Å². The fourth-order valence-electron chi connectivity index (χ4n) is 0.944. The molecule has 0 fully saturated rings. The number of benzene rings is 1. The third-order valence-electron chi connectivity index (χ3n) is 1.62. The van der Waals surface area contributed by atoms with Crippen LogP contribution in [0.25, 0.3) is 6.08 Å². The van der Waals surface area contributed by atoms with Crippen molar-refractivity contribution < 1.29 is 10.2 Å². The Morgan fingerprint density at radius 3 is 2.33 bits per heavy atom. The number of allylic oxidation sites excluding steroid dienone is 1. The molecule has 0 saturated heterocycles. The molecule has 0 aromatic heterocycles. The lowest BCUT2D eigenvalue weighted by Gasteiger charge is -2.01. The van der Waals surface area contributed by atoms with Gasteiger partial charge < -0.3 is 10.2 Å². The van der Waals surface area contributed by atoms with Crippen molar-refractivity contribution in [3.8, 4) is 23.6 Å². The Hall–Kier alpha value is -2.17. The Bertz CT molecular complexity index is 470. The molecule has 0 heterocycles. The van der Waals surface area contributed by atoms with Crippen LogP contribution in [0.4, 0.5) is 0 Å². The van der Waals surface area contributed by atoms with Gasteiger partial charge in [-0.05, 0) is 23.8 Å². The Morgan fingerprint density at radius 2 is 1.87 bits per heavy atom. The first-order valence-electron chi connectivity index (χ1n) is 3.82. The van der Waals surface area contributed by atoms with Gasteiger partial charge in [-0.2, -0.15) is 10.5 Å². The topological polar surface area (TPSA) is 88.0 Å². The number of hydrogen-bond acceptors (Lipinski definition) is 4. The highest BCUT2D eigenvalue weighted by atomic mass is 35.5. The molecule has 0 spiro atoms. The molecular weight excluding hydrogens is 216 g/mol. The standard InChI is InChI=1S/C10H5ClN2O2/c11-8-2-6(1-7(4-12)5-13)3-9(14)10(8)15/h1-3,14-15H. The third kappa shape index (κ3) is 2.40. The van der Waals surface area contributed by atoms with Gasteiger partial charge in [-0.25, -0.2) is 0 Å². The van der Waals surface area contributed by atoms with Crippen LogP contribution >= 0.6 is 11.6 Å². The van der Waals surface area contributed by atoms with Gasteiger partial charge in [0.25, 0.3) is 0 Å². The minimum absolute atomic E-state index is 0.0449. The molecule has 0 saturated carbocycles. The zero-order valence-corrected chi connectivity index (χ0v) is 8.15. The molecule has 0 aliphatic rings. The van der Waals surface area contributed by atoms with E-state index in [9.17, 15) is 5.11 Å². The summed E-state index contributed by atoms with van der Waals surface area (Å²) in [5.74, 6) is -0.826. The highest BCUT2D eigenvalue weighted by molar-refractivity contribution is 6.32. The lowest BCUT2D eigenvalue weighted by Crippen LogP contribution is -1.78. The fourth-order valence-corrected chi connectivity index (χ4v) is 1.17. The average molecular weight is 221 g/mol. The molecule has 2 N–H and O–H groups in total. The van der Waals surface area contributed by atoms with Crippen LogP contribution in [0.2, 0.25) is 5.02 Å². The minimum atomic E-state index is -0.427. The van der Waals surface area contributed by atoms with Gasteiger partial charge in [-0.15, -0.1) is 0 Å². The number of aromatic hydroxyl groups is 2. The predicted octanol–water partition coefficient (Wildman–Crippen LogP) is 2.18. The summed E-state index contributed by atoms with van der Waals surface area (Å²) in [6.45, 7) is 0. The molecule has 0 aliphatic heterocycles. The molecule has 1 rings (SSSR count). The van der Waals surface area contributed by atoms with Crippen LogP contribution in [-0.4, -0.2) is 10.2 Å². The van der Waals surface area contributed by atoms with Crippen molar-refractivity contribution in [2.75, 3.05) is 0 Å². The lowest BCUT2D eigenvalue weighted by atomic mass is 10.1. The summed E-state index contributed by atoms with van der Waals surface area (Å²) >= 11 is 5.58. The molecule has 0 unspecified atom stereocenters. The Balaban J connectivity index is 3.26. The molecule has 0 amide bonds. The average Bonchev–Trinajstić information content (AvgIpc) is 2.22. The van der Waals surface area contributed by atoms with Crippen LogP contribution in [0.3, 0.4) is 0 Å². The molecule has 5 heteroatoms. The van der Waals surface area contributed by atoms with Crippen molar-refractivity contribution in [2.45, 2.75) is 0 Å². The maximum atomic E-state index is 9.21. The second kappa shape index (κ2) is 4.36. The summed E-state index contributed by atoms with van der Waals surface area (Å²) in [6.07, 6.45) is 1.25. The quantitative estimate of drug-likeness (QED) is 0.561. The summed E-state index contributed by atoms with van der Waals surface area (Å²) in [4.78, 5) is 0. The maximum absolute atomic E-state index is 9.21. The fraction of sp³-hybridized carbons (Fsp3) is 0. The summed E-state index contributed by atoms with van der Waals surface area (Å²) in [7, 11) is 0. The van der Waals surface area contributed by atoms with Crippen LogP contribution in [-0.2, 0) is 0 Å². The van der Waals surface area contributed by atoms with Gasteiger partial charge in [0, 0.05) is 0 Å². The molecular formula is C10H5ClN2O2. The number of rotatable bonds is 1. The second-order valence-corrected chi connectivity index (χ2v) is 3.06. The van der Waals surface area contributed by atoms with E-state index in [2.05, 4.69) is 0 Å². The molecule has 0 aliphatic carbocycles. The van der Waals surface area contributed by atoms with Crippen molar-refractivity contribution in [2.24, 2.45) is 0 Å². The van der Waals surface area contributed by atoms with Crippen molar-refractivity contribution in [3.63, 3.8) is 0 Å². The van der Waals surface area contributed by atoms with Gasteiger partial charge >= 0.3 is 0 Å². The molecule has 0 bridgehead atoms. The molecule has 74 valence electrons. The first-order valence-corrected chi connectivity index (χ1v) is 4.19. The van der Waals surface area contributed by atoms with Gasteiger partial charge in [0.1, 0.15) is 17.7 Å². The predicted molar refractivity (Wildman–Crippen MR) is 54.0 cm³/mol. The van der Waals surface area contributed by atoms with E-state index in [-0.39, 0.29) is 10.6 Å². The van der Waals surface area contributed by atoms with E-state index in [0.717, 1.165) is 0 Å². The number of nitrogens with zero attached hydrogens (tertiary/aromatic N) is 2. The van der Waals surface area contributed by atoms with E-state index in [1.54, 1.807) is 12.1 Å². The van der Waals surface area contributed by atoms with Crippen LogP contribution < -0.4 is 0 Å². The monoisotopic (exact) mass is 220 g/mol. The first kappa shape index (κ1) is 10.9. The second-order valence-electron chi connectivity index (χ2n) is 2.65. The van der Waals surface area contributed by atoms with E-state index >= 15 is 0 Å². The van der Waals surface area contributed by atoms with E-state index in [1.807, 2.05) is 0 Å². The number of halogens is 1. The van der Waals surface area contributed by atoms with Gasteiger partial charge in [0.15, 0.2) is 11.5 Å². The van der Waals surface area contributed by atoms with Crippen molar-refractivity contribution >= 4 is 17.7 Å². The van der Waals surface area contributed by atoms with E-state index in [1.165, 1.54) is 18.2 Å². The summed E-state index contributed by atoms with van der Waals surface area (Å²) in [6, 6.07) is 5.88. The zero-order chi connectivity index (χ0) is 11.4. The summed E-state index contributed by atoms with van der Waals surface area (Å²) in [5, 5.41) is 35.3. The van der Waals surface area contributed by atoms with Crippen LogP contribution in [0.1, 0.15) is 5.56 Å². The Morgan fingerprint density at radius 1 is 1.27 bits per heavy atom. The normalized spacial score (nSPS) is 8.73. The highest BCUT2D eigenvalue weighted by Crippen LogP contribution is 2.34.